The van der Waals surface area contributed by atoms with Crippen molar-refractivity contribution in [3.63, 3.8) is 0 Å². The van der Waals surface area contributed by atoms with Gasteiger partial charge >= 0.3 is 0 Å². The molecule has 0 aliphatic carbocycles. The van der Waals surface area contributed by atoms with Crippen LogP contribution in [-0.2, 0) is 0 Å². The van der Waals surface area contributed by atoms with Crippen molar-refractivity contribution in [3.8, 4) is 22.8 Å². The number of primary amides is 1. The standard InChI is InChI=1S/C15H11N3O4S/c1-7-13(14(16)20)23-15-17-12(9(5-19)18(7)15)8-2-3-10-11(4-8)22-6-21-10/h2-5H,6H2,1H3,(H2,16,20). The highest BCUT2D eigenvalue weighted by Gasteiger charge is 2.23. The van der Waals surface area contributed by atoms with Gasteiger partial charge in [-0.2, -0.15) is 0 Å². The number of nitrogens with zero attached hydrogens (tertiary/aromatic N) is 2. The topological polar surface area (TPSA) is 95.9 Å². The maximum absolute atomic E-state index is 11.6. The fraction of sp³-hybridized carbons (Fsp3) is 0.133. The first-order valence-electron chi connectivity index (χ1n) is 6.77. The fourth-order valence-electron chi connectivity index (χ4n) is 2.66. The molecule has 1 aliphatic heterocycles. The third kappa shape index (κ3) is 1.92. The van der Waals surface area contributed by atoms with Crippen LogP contribution in [0.2, 0.25) is 0 Å². The first-order chi connectivity index (χ1) is 11.1. The van der Waals surface area contributed by atoms with Crippen LogP contribution in [0, 0.1) is 6.92 Å². The van der Waals surface area contributed by atoms with Crippen molar-refractivity contribution in [1.29, 1.82) is 0 Å². The summed E-state index contributed by atoms with van der Waals surface area (Å²) < 4.78 is 12.3. The number of carbonyl (C=O) groups excluding carboxylic acids is 2. The average Bonchev–Trinajstić information content (AvgIpc) is 3.20. The molecule has 8 heteroatoms. The van der Waals surface area contributed by atoms with E-state index in [1.165, 1.54) is 0 Å². The van der Waals surface area contributed by atoms with Gasteiger partial charge in [0.1, 0.15) is 16.3 Å². The molecular formula is C15H11N3O4S. The third-order valence-electron chi connectivity index (χ3n) is 3.72. The van der Waals surface area contributed by atoms with Gasteiger partial charge in [0.05, 0.1) is 0 Å². The number of carbonyl (C=O) groups is 2. The number of rotatable bonds is 3. The molecule has 0 fully saturated rings. The maximum atomic E-state index is 11.6. The Balaban J connectivity index is 1.94. The number of thiazole rings is 1. The van der Waals surface area contributed by atoms with E-state index in [2.05, 4.69) is 4.98 Å². The molecule has 3 aromatic rings. The van der Waals surface area contributed by atoms with Gasteiger partial charge in [-0.05, 0) is 25.1 Å². The molecule has 1 amide bonds. The van der Waals surface area contributed by atoms with Gasteiger partial charge in [-0.3, -0.25) is 14.0 Å². The Hall–Kier alpha value is -2.87. The van der Waals surface area contributed by atoms with Crippen LogP contribution in [0.25, 0.3) is 16.2 Å². The molecule has 2 N–H and O–H groups in total. The molecule has 3 heterocycles. The summed E-state index contributed by atoms with van der Waals surface area (Å²) in [5, 5.41) is 0. The van der Waals surface area contributed by atoms with Crippen molar-refractivity contribution in [3.05, 3.63) is 34.5 Å². The van der Waals surface area contributed by atoms with Crippen LogP contribution >= 0.6 is 11.3 Å². The molecule has 116 valence electrons. The first kappa shape index (κ1) is 13.8. The average molecular weight is 329 g/mol. The van der Waals surface area contributed by atoms with Crippen LogP contribution in [0.5, 0.6) is 11.5 Å². The number of hydrogen-bond acceptors (Lipinski definition) is 6. The number of ether oxygens (including phenoxy) is 2. The molecular weight excluding hydrogens is 318 g/mol. The number of nitrogens with two attached hydrogens (primary N) is 1. The van der Waals surface area contributed by atoms with Crippen molar-refractivity contribution in [2.24, 2.45) is 5.73 Å². The second kappa shape index (κ2) is 4.82. The number of amides is 1. The summed E-state index contributed by atoms with van der Waals surface area (Å²) in [6, 6.07) is 5.38. The van der Waals surface area contributed by atoms with Crippen molar-refractivity contribution in [1.82, 2.24) is 9.38 Å². The van der Waals surface area contributed by atoms with E-state index >= 15 is 0 Å². The lowest BCUT2D eigenvalue weighted by atomic mass is 10.1. The normalized spacial score (nSPS) is 12.7. The molecule has 4 rings (SSSR count). The van der Waals surface area contributed by atoms with Gasteiger partial charge in [0.2, 0.25) is 6.79 Å². The SMILES string of the molecule is Cc1c(C(N)=O)sc2nc(-c3ccc4c(c3)OCO4)c(C=O)n12. The highest BCUT2D eigenvalue weighted by molar-refractivity contribution is 7.19. The molecule has 0 saturated heterocycles. The summed E-state index contributed by atoms with van der Waals surface area (Å²) >= 11 is 1.16. The lowest BCUT2D eigenvalue weighted by molar-refractivity contribution is 0.100. The molecule has 2 aromatic heterocycles. The number of benzene rings is 1. The van der Waals surface area contributed by atoms with E-state index in [-0.39, 0.29) is 6.79 Å². The molecule has 1 aliphatic rings. The molecule has 0 atom stereocenters. The molecule has 0 saturated carbocycles. The molecule has 23 heavy (non-hydrogen) atoms. The Bertz CT molecular complexity index is 973. The molecule has 0 unspecified atom stereocenters. The molecule has 0 bridgehead atoms. The van der Waals surface area contributed by atoms with Gasteiger partial charge < -0.3 is 15.2 Å². The van der Waals surface area contributed by atoms with E-state index in [0.717, 1.165) is 23.2 Å². The minimum Gasteiger partial charge on any atom is -0.454 e. The van der Waals surface area contributed by atoms with Crippen LogP contribution in [-0.4, -0.2) is 28.4 Å². The molecule has 7 nitrogen and oxygen atoms in total. The quantitative estimate of drug-likeness (QED) is 0.742. The molecule has 1 aromatic carbocycles. The lowest BCUT2D eigenvalue weighted by Crippen LogP contribution is -2.11. The highest BCUT2D eigenvalue weighted by Crippen LogP contribution is 2.37. The first-order valence-corrected chi connectivity index (χ1v) is 7.58. The van der Waals surface area contributed by atoms with E-state index in [1.54, 1.807) is 23.5 Å². The molecule has 0 radical (unpaired) electrons. The minimum absolute atomic E-state index is 0.179. The summed E-state index contributed by atoms with van der Waals surface area (Å²) in [7, 11) is 0. The summed E-state index contributed by atoms with van der Waals surface area (Å²) in [6.07, 6.45) is 0.727. The van der Waals surface area contributed by atoms with E-state index in [0.29, 0.717) is 38.4 Å². The lowest BCUT2D eigenvalue weighted by Gasteiger charge is -2.02. The van der Waals surface area contributed by atoms with E-state index < -0.39 is 5.91 Å². The highest BCUT2D eigenvalue weighted by atomic mass is 32.1. The van der Waals surface area contributed by atoms with E-state index in [9.17, 15) is 9.59 Å². The van der Waals surface area contributed by atoms with E-state index in [1.807, 2.05) is 6.07 Å². The zero-order valence-electron chi connectivity index (χ0n) is 12.0. The zero-order valence-corrected chi connectivity index (χ0v) is 12.8. The van der Waals surface area contributed by atoms with Gasteiger partial charge in [0.25, 0.3) is 5.91 Å². The van der Waals surface area contributed by atoms with Crippen LogP contribution in [0.1, 0.15) is 25.9 Å². The number of imidazole rings is 1. The van der Waals surface area contributed by atoms with Crippen molar-refractivity contribution < 1.29 is 19.1 Å². The minimum atomic E-state index is -0.528. The Morgan fingerprint density at radius 1 is 1.39 bits per heavy atom. The smallest absolute Gasteiger partial charge is 0.260 e. The number of aromatic nitrogens is 2. The van der Waals surface area contributed by atoms with Crippen LogP contribution in [0.3, 0.4) is 0 Å². The number of fused-ring (bicyclic) bond motifs is 2. The Kier molecular flexibility index (Phi) is 2.88. The van der Waals surface area contributed by atoms with Crippen molar-refractivity contribution >= 4 is 28.5 Å². The Morgan fingerprint density at radius 3 is 2.91 bits per heavy atom. The second-order valence-corrected chi connectivity index (χ2v) is 6.01. The van der Waals surface area contributed by atoms with Gasteiger partial charge in [0.15, 0.2) is 22.7 Å². The Morgan fingerprint density at radius 2 is 2.17 bits per heavy atom. The monoisotopic (exact) mass is 329 g/mol. The van der Waals surface area contributed by atoms with E-state index in [4.69, 9.17) is 15.2 Å². The number of hydrogen-bond donors (Lipinski definition) is 1. The van der Waals surface area contributed by atoms with Crippen LogP contribution in [0.4, 0.5) is 0 Å². The van der Waals surface area contributed by atoms with Crippen LogP contribution in [0.15, 0.2) is 18.2 Å². The number of aryl methyl sites for hydroxylation is 1. The second-order valence-electron chi connectivity index (χ2n) is 5.03. The Labute approximate surface area is 134 Å². The summed E-state index contributed by atoms with van der Waals surface area (Å²) in [4.78, 5) is 28.5. The zero-order chi connectivity index (χ0) is 16.1. The predicted octanol–water partition coefficient (Wildman–Crippen LogP) is 2.01. The van der Waals surface area contributed by atoms with Gasteiger partial charge in [-0.15, -0.1) is 0 Å². The van der Waals surface area contributed by atoms with Gasteiger partial charge in [-0.1, -0.05) is 11.3 Å². The maximum Gasteiger partial charge on any atom is 0.260 e. The van der Waals surface area contributed by atoms with Crippen molar-refractivity contribution in [2.75, 3.05) is 6.79 Å². The summed E-state index contributed by atoms with van der Waals surface area (Å²) in [6.45, 7) is 1.92. The fourth-order valence-corrected chi connectivity index (χ4v) is 3.65. The largest absolute Gasteiger partial charge is 0.454 e. The molecule has 0 spiro atoms. The third-order valence-corrected chi connectivity index (χ3v) is 4.88. The predicted molar refractivity (Wildman–Crippen MR) is 83.3 cm³/mol. The number of aldehydes is 1. The summed E-state index contributed by atoms with van der Waals surface area (Å²) in [5.74, 6) is 0.749. The van der Waals surface area contributed by atoms with Gasteiger partial charge in [0, 0.05) is 11.3 Å². The van der Waals surface area contributed by atoms with Gasteiger partial charge in [-0.25, -0.2) is 4.98 Å². The van der Waals surface area contributed by atoms with Crippen LogP contribution < -0.4 is 15.2 Å². The summed E-state index contributed by atoms with van der Waals surface area (Å²) in [5.41, 5.74) is 7.61. The van der Waals surface area contributed by atoms with Crippen molar-refractivity contribution in [2.45, 2.75) is 6.92 Å².